The van der Waals surface area contributed by atoms with Gasteiger partial charge in [-0.15, -0.1) is 0 Å². The van der Waals surface area contributed by atoms with E-state index in [1.165, 1.54) is 6.07 Å². The van der Waals surface area contributed by atoms with Crippen molar-refractivity contribution < 1.29 is 14.6 Å². The first-order valence-electron chi connectivity index (χ1n) is 4.37. The summed E-state index contributed by atoms with van der Waals surface area (Å²) in [5.41, 5.74) is 5.26. The minimum Gasteiger partial charge on any atom is -0.477 e. The third kappa shape index (κ3) is 2.13. The zero-order chi connectivity index (χ0) is 10.8. The number of nitrogen functional groups attached to an aromatic ring is 1. The molecular formula is C8H10N4O3. The maximum absolute atomic E-state index is 10.7. The fourth-order valence-electron chi connectivity index (χ4n) is 1.18. The van der Waals surface area contributed by atoms with Crippen molar-refractivity contribution in [2.75, 3.05) is 24.3 Å². The number of hydrogen-bond donors (Lipinski definition) is 3. The summed E-state index contributed by atoms with van der Waals surface area (Å²) in [7, 11) is 0. The van der Waals surface area contributed by atoms with E-state index in [4.69, 9.17) is 15.6 Å². The number of carboxylic acid groups (broad SMARTS) is 1. The molecule has 0 amide bonds. The van der Waals surface area contributed by atoms with Gasteiger partial charge in [0.2, 0.25) is 5.95 Å². The highest BCUT2D eigenvalue weighted by Gasteiger charge is 2.19. The second-order valence-electron chi connectivity index (χ2n) is 3.18. The third-order valence-corrected chi connectivity index (χ3v) is 1.95. The summed E-state index contributed by atoms with van der Waals surface area (Å²) in [5.74, 6) is -0.775. The van der Waals surface area contributed by atoms with E-state index < -0.39 is 5.97 Å². The number of anilines is 2. The molecule has 0 saturated carbocycles. The Balaban J connectivity index is 2.18. The lowest BCUT2D eigenvalue weighted by Crippen LogP contribution is -2.40. The number of carbonyl (C=O) groups is 1. The van der Waals surface area contributed by atoms with Crippen molar-refractivity contribution in [3.05, 3.63) is 11.8 Å². The molecule has 0 radical (unpaired) electrons. The molecular weight excluding hydrogens is 200 g/mol. The standard InChI is InChI=1S/C8H10N4O3/c9-8-11-5(7(13)14)1-6(12-8)10-4-2-15-3-4/h1,4H,2-3H2,(H,13,14)(H3,9,10,11,12). The van der Waals surface area contributed by atoms with Gasteiger partial charge in [-0.2, -0.15) is 4.98 Å². The zero-order valence-electron chi connectivity index (χ0n) is 7.80. The Hall–Kier alpha value is -1.89. The monoisotopic (exact) mass is 210 g/mol. The minimum absolute atomic E-state index is 0.0577. The minimum atomic E-state index is -1.13. The van der Waals surface area contributed by atoms with Crippen molar-refractivity contribution in [3.8, 4) is 0 Å². The summed E-state index contributed by atoms with van der Waals surface area (Å²) < 4.78 is 4.96. The van der Waals surface area contributed by atoms with Crippen LogP contribution in [-0.4, -0.2) is 40.3 Å². The van der Waals surface area contributed by atoms with Gasteiger partial charge in [0.15, 0.2) is 5.69 Å². The van der Waals surface area contributed by atoms with E-state index in [-0.39, 0.29) is 17.7 Å². The van der Waals surface area contributed by atoms with Crippen LogP contribution in [0.3, 0.4) is 0 Å². The molecule has 7 heteroatoms. The van der Waals surface area contributed by atoms with Crippen LogP contribution in [0.4, 0.5) is 11.8 Å². The predicted molar refractivity (Wildman–Crippen MR) is 51.6 cm³/mol. The Morgan fingerprint density at radius 2 is 2.33 bits per heavy atom. The normalized spacial score (nSPS) is 15.7. The van der Waals surface area contributed by atoms with Gasteiger partial charge in [-0.05, 0) is 0 Å². The van der Waals surface area contributed by atoms with Gasteiger partial charge in [-0.25, -0.2) is 9.78 Å². The number of ether oxygens (including phenoxy) is 1. The molecule has 1 fully saturated rings. The zero-order valence-corrected chi connectivity index (χ0v) is 7.80. The second kappa shape index (κ2) is 3.70. The largest absolute Gasteiger partial charge is 0.477 e. The molecule has 80 valence electrons. The van der Waals surface area contributed by atoms with E-state index in [2.05, 4.69) is 15.3 Å². The van der Waals surface area contributed by atoms with Gasteiger partial charge in [-0.1, -0.05) is 0 Å². The molecule has 0 unspecified atom stereocenters. The average Bonchev–Trinajstić information content (AvgIpc) is 2.10. The topological polar surface area (TPSA) is 110 Å². The summed E-state index contributed by atoms with van der Waals surface area (Å²) in [4.78, 5) is 18.1. The summed E-state index contributed by atoms with van der Waals surface area (Å²) >= 11 is 0. The predicted octanol–water partition coefficient (Wildman–Crippen LogP) is -0.432. The van der Waals surface area contributed by atoms with E-state index in [9.17, 15) is 4.79 Å². The Kier molecular flexibility index (Phi) is 2.38. The molecule has 1 saturated heterocycles. The van der Waals surface area contributed by atoms with Crippen molar-refractivity contribution in [1.82, 2.24) is 9.97 Å². The van der Waals surface area contributed by atoms with Crippen molar-refractivity contribution in [2.24, 2.45) is 0 Å². The number of hydrogen-bond acceptors (Lipinski definition) is 6. The van der Waals surface area contributed by atoms with Crippen LogP contribution >= 0.6 is 0 Å². The van der Waals surface area contributed by atoms with E-state index >= 15 is 0 Å². The number of aromatic nitrogens is 2. The van der Waals surface area contributed by atoms with Gasteiger partial charge >= 0.3 is 5.97 Å². The average molecular weight is 210 g/mol. The summed E-state index contributed by atoms with van der Waals surface area (Å²) in [6, 6.07) is 1.51. The molecule has 0 bridgehead atoms. The molecule has 0 atom stereocenters. The first kappa shape index (κ1) is 9.66. The number of carboxylic acids is 1. The maximum atomic E-state index is 10.7. The third-order valence-electron chi connectivity index (χ3n) is 1.95. The fraction of sp³-hybridized carbons (Fsp3) is 0.375. The molecule has 1 aliphatic heterocycles. The summed E-state index contributed by atoms with van der Waals surface area (Å²) in [6.07, 6.45) is 0. The van der Waals surface area contributed by atoms with E-state index in [0.29, 0.717) is 19.0 Å². The Morgan fingerprint density at radius 3 is 2.87 bits per heavy atom. The summed E-state index contributed by atoms with van der Waals surface area (Å²) in [6.45, 7) is 1.18. The highest BCUT2D eigenvalue weighted by atomic mass is 16.5. The fourth-order valence-corrected chi connectivity index (χ4v) is 1.18. The molecule has 0 aliphatic carbocycles. The van der Waals surface area contributed by atoms with Crippen molar-refractivity contribution >= 4 is 17.7 Å². The lowest BCUT2D eigenvalue weighted by Gasteiger charge is -2.27. The molecule has 2 heterocycles. The van der Waals surface area contributed by atoms with Crippen LogP contribution in [0.5, 0.6) is 0 Å². The SMILES string of the molecule is Nc1nc(NC2COC2)cc(C(=O)O)n1. The van der Waals surface area contributed by atoms with Gasteiger partial charge in [-0.3, -0.25) is 0 Å². The Labute approximate surface area is 85.3 Å². The quantitative estimate of drug-likeness (QED) is 0.620. The lowest BCUT2D eigenvalue weighted by atomic mass is 10.2. The molecule has 15 heavy (non-hydrogen) atoms. The van der Waals surface area contributed by atoms with Gasteiger partial charge in [0.25, 0.3) is 0 Å². The van der Waals surface area contributed by atoms with Crippen LogP contribution in [0, 0.1) is 0 Å². The molecule has 2 rings (SSSR count). The number of nitrogens with zero attached hydrogens (tertiary/aromatic N) is 2. The lowest BCUT2D eigenvalue weighted by molar-refractivity contribution is 0.0209. The van der Waals surface area contributed by atoms with Crippen LogP contribution < -0.4 is 11.1 Å². The van der Waals surface area contributed by atoms with Gasteiger partial charge in [0.1, 0.15) is 5.82 Å². The highest BCUT2D eigenvalue weighted by molar-refractivity contribution is 5.86. The highest BCUT2D eigenvalue weighted by Crippen LogP contribution is 2.12. The van der Waals surface area contributed by atoms with E-state index in [1.54, 1.807) is 0 Å². The van der Waals surface area contributed by atoms with Crippen LogP contribution in [0.15, 0.2) is 6.07 Å². The van der Waals surface area contributed by atoms with E-state index in [0.717, 1.165) is 0 Å². The first-order valence-corrected chi connectivity index (χ1v) is 4.37. The number of rotatable bonds is 3. The number of aromatic carboxylic acids is 1. The molecule has 1 aliphatic rings. The smallest absolute Gasteiger partial charge is 0.354 e. The maximum Gasteiger partial charge on any atom is 0.354 e. The molecule has 0 spiro atoms. The van der Waals surface area contributed by atoms with Crippen LogP contribution in [0.25, 0.3) is 0 Å². The van der Waals surface area contributed by atoms with Crippen LogP contribution in [0.2, 0.25) is 0 Å². The Morgan fingerprint density at radius 1 is 1.60 bits per heavy atom. The van der Waals surface area contributed by atoms with Gasteiger partial charge in [0, 0.05) is 6.07 Å². The van der Waals surface area contributed by atoms with Crippen LogP contribution in [-0.2, 0) is 4.74 Å². The van der Waals surface area contributed by atoms with Gasteiger partial charge in [0.05, 0.1) is 19.3 Å². The molecule has 1 aromatic heterocycles. The Bertz CT molecular complexity index is 391. The van der Waals surface area contributed by atoms with Crippen molar-refractivity contribution in [3.63, 3.8) is 0 Å². The molecule has 0 aromatic carbocycles. The number of nitrogens with two attached hydrogens (primary N) is 1. The summed E-state index contributed by atoms with van der Waals surface area (Å²) in [5, 5.41) is 11.7. The molecule has 4 N–H and O–H groups in total. The van der Waals surface area contributed by atoms with Crippen molar-refractivity contribution in [1.29, 1.82) is 0 Å². The second-order valence-corrected chi connectivity index (χ2v) is 3.18. The number of nitrogens with one attached hydrogen (secondary N) is 1. The molecule has 7 nitrogen and oxygen atoms in total. The van der Waals surface area contributed by atoms with Gasteiger partial charge < -0.3 is 20.9 Å². The molecule has 1 aromatic rings. The van der Waals surface area contributed by atoms with Crippen molar-refractivity contribution in [2.45, 2.75) is 6.04 Å². The van der Waals surface area contributed by atoms with E-state index in [1.807, 2.05) is 0 Å². The first-order chi connectivity index (χ1) is 7.15. The van der Waals surface area contributed by atoms with Crippen LogP contribution in [0.1, 0.15) is 10.5 Å².